The first-order chi connectivity index (χ1) is 8.69. The molecule has 0 unspecified atom stereocenters. The monoisotopic (exact) mass is 285 g/mol. The minimum Gasteiger partial charge on any atom is -0.496 e. The van der Waals surface area contributed by atoms with Gasteiger partial charge in [-0.1, -0.05) is 27.7 Å². The Balaban J connectivity index is 3.13. The van der Waals surface area contributed by atoms with E-state index in [-0.39, 0.29) is 11.2 Å². The van der Waals surface area contributed by atoms with E-state index in [1.54, 1.807) is 19.2 Å². The van der Waals surface area contributed by atoms with Gasteiger partial charge in [0, 0.05) is 11.3 Å². The van der Waals surface area contributed by atoms with Gasteiger partial charge in [0.2, 0.25) is 10.0 Å². The van der Waals surface area contributed by atoms with Gasteiger partial charge in [-0.2, -0.15) is 0 Å². The summed E-state index contributed by atoms with van der Waals surface area (Å²) < 4.78 is 31.5. The van der Waals surface area contributed by atoms with Crippen LogP contribution in [0.4, 0.5) is 5.69 Å². The van der Waals surface area contributed by atoms with Gasteiger partial charge in [-0.3, -0.25) is 4.72 Å². The molecule has 19 heavy (non-hydrogen) atoms. The predicted octanol–water partition coefficient (Wildman–Crippen LogP) is 3.14. The molecule has 0 aliphatic carbocycles. The summed E-state index contributed by atoms with van der Waals surface area (Å²) in [4.78, 5) is 0. The molecule has 0 bridgehead atoms. The Morgan fingerprint density at radius 3 is 2.37 bits per heavy atom. The van der Waals surface area contributed by atoms with Crippen molar-refractivity contribution in [3.05, 3.63) is 23.8 Å². The Kier molecular flexibility index (Phi) is 4.85. The number of rotatable bonds is 5. The van der Waals surface area contributed by atoms with Crippen LogP contribution in [0.3, 0.4) is 0 Å². The lowest BCUT2D eigenvalue weighted by molar-refractivity contribution is 0.397. The summed E-state index contributed by atoms with van der Waals surface area (Å²) >= 11 is 0. The van der Waals surface area contributed by atoms with E-state index < -0.39 is 10.0 Å². The van der Waals surface area contributed by atoms with Crippen LogP contribution in [0.1, 0.15) is 39.7 Å². The smallest absolute Gasteiger partial charge is 0.232 e. The average Bonchev–Trinajstić information content (AvgIpc) is 2.27. The number of anilines is 1. The number of sulfonamides is 1. The normalized spacial score (nSPS) is 12.3. The molecule has 0 atom stereocenters. The number of benzene rings is 1. The number of nitrogens with one attached hydrogen (secondary N) is 1. The molecule has 108 valence electrons. The molecule has 5 heteroatoms. The molecule has 0 fully saturated rings. The van der Waals surface area contributed by atoms with Crippen LogP contribution in [0.15, 0.2) is 18.2 Å². The van der Waals surface area contributed by atoms with Gasteiger partial charge in [-0.05, 0) is 30.0 Å². The molecule has 0 saturated carbocycles. The lowest BCUT2D eigenvalue weighted by atomic mass is 9.86. The molecule has 0 aliphatic rings. The largest absolute Gasteiger partial charge is 0.496 e. The topological polar surface area (TPSA) is 55.4 Å². The Hall–Kier alpha value is -1.23. The summed E-state index contributed by atoms with van der Waals surface area (Å²) in [5.41, 5.74) is 1.45. The van der Waals surface area contributed by atoms with Crippen LogP contribution < -0.4 is 9.46 Å². The van der Waals surface area contributed by atoms with Crippen molar-refractivity contribution in [1.82, 2.24) is 0 Å². The van der Waals surface area contributed by atoms with Gasteiger partial charge in [-0.25, -0.2) is 8.42 Å². The minimum absolute atomic E-state index is 0.114. The van der Waals surface area contributed by atoms with E-state index in [0.29, 0.717) is 12.1 Å². The standard InChI is InChI=1S/C14H23NO3S/c1-6-9-19(16,17)15-11-7-8-13(18-5)12(10-11)14(2,3)4/h7-8,10,15H,6,9H2,1-5H3. The Morgan fingerprint density at radius 2 is 1.89 bits per heavy atom. The lowest BCUT2D eigenvalue weighted by Crippen LogP contribution is -2.18. The number of methoxy groups -OCH3 is 1. The second-order valence-electron chi connectivity index (χ2n) is 5.59. The van der Waals surface area contributed by atoms with Crippen LogP contribution >= 0.6 is 0 Å². The molecule has 0 radical (unpaired) electrons. The highest BCUT2D eigenvalue weighted by Gasteiger charge is 2.20. The quantitative estimate of drug-likeness (QED) is 0.904. The second kappa shape index (κ2) is 5.82. The zero-order valence-electron chi connectivity index (χ0n) is 12.3. The third kappa shape index (κ3) is 4.42. The van der Waals surface area contributed by atoms with Crippen molar-refractivity contribution in [2.24, 2.45) is 0 Å². The van der Waals surface area contributed by atoms with Crippen molar-refractivity contribution in [3.63, 3.8) is 0 Å². The van der Waals surface area contributed by atoms with E-state index in [1.165, 1.54) is 0 Å². The van der Waals surface area contributed by atoms with Crippen LogP contribution in [0.5, 0.6) is 5.75 Å². The van der Waals surface area contributed by atoms with Crippen molar-refractivity contribution in [3.8, 4) is 5.75 Å². The average molecular weight is 285 g/mol. The van der Waals surface area contributed by atoms with Gasteiger partial charge in [0.15, 0.2) is 0 Å². The van der Waals surface area contributed by atoms with Gasteiger partial charge >= 0.3 is 0 Å². The minimum atomic E-state index is -3.26. The summed E-state index contributed by atoms with van der Waals surface area (Å²) in [6, 6.07) is 5.36. The zero-order valence-corrected chi connectivity index (χ0v) is 13.1. The molecule has 0 aliphatic heterocycles. The van der Waals surface area contributed by atoms with E-state index in [4.69, 9.17) is 4.74 Å². The maximum atomic E-state index is 11.8. The van der Waals surface area contributed by atoms with Gasteiger partial charge in [0.1, 0.15) is 5.75 Å². The van der Waals surface area contributed by atoms with Crippen molar-refractivity contribution in [2.75, 3.05) is 17.6 Å². The molecule has 1 N–H and O–H groups in total. The van der Waals surface area contributed by atoms with Crippen LogP contribution in [0, 0.1) is 0 Å². The van der Waals surface area contributed by atoms with Gasteiger partial charge in [0.25, 0.3) is 0 Å². The van der Waals surface area contributed by atoms with Crippen LogP contribution in [0.2, 0.25) is 0 Å². The molecule has 0 saturated heterocycles. The number of hydrogen-bond acceptors (Lipinski definition) is 3. The van der Waals surface area contributed by atoms with Crippen molar-refractivity contribution < 1.29 is 13.2 Å². The highest BCUT2D eigenvalue weighted by atomic mass is 32.2. The molecule has 1 aromatic rings. The van der Waals surface area contributed by atoms with Crippen LogP contribution in [-0.2, 0) is 15.4 Å². The summed E-state index contributed by atoms with van der Waals surface area (Å²) in [5, 5.41) is 0. The van der Waals surface area contributed by atoms with E-state index in [2.05, 4.69) is 25.5 Å². The number of ether oxygens (including phenoxy) is 1. The first-order valence-corrected chi connectivity index (χ1v) is 8.04. The molecule has 1 rings (SSSR count). The maximum Gasteiger partial charge on any atom is 0.232 e. The summed E-state index contributed by atoms with van der Waals surface area (Å²) in [5.74, 6) is 0.898. The van der Waals surface area contributed by atoms with Gasteiger partial charge in [0.05, 0.1) is 12.9 Å². The predicted molar refractivity (Wildman–Crippen MR) is 79.4 cm³/mol. The lowest BCUT2D eigenvalue weighted by Gasteiger charge is -2.23. The molecule has 0 amide bonds. The van der Waals surface area contributed by atoms with E-state index in [1.807, 2.05) is 13.0 Å². The highest BCUT2D eigenvalue weighted by molar-refractivity contribution is 7.92. The van der Waals surface area contributed by atoms with E-state index in [9.17, 15) is 8.42 Å². The van der Waals surface area contributed by atoms with Crippen molar-refractivity contribution in [2.45, 2.75) is 39.5 Å². The molecule has 0 aromatic heterocycles. The Bertz CT molecular complexity index is 530. The third-order valence-electron chi connectivity index (χ3n) is 2.75. The summed E-state index contributed by atoms with van der Waals surface area (Å²) in [6.45, 7) is 8.04. The summed E-state index contributed by atoms with van der Waals surface area (Å²) in [7, 11) is -1.64. The highest BCUT2D eigenvalue weighted by Crippen LogP contribution is 2.33. The Labute approximate surface area is 116 Å². The zero-order chi connectivity index (χ0) is 14.7. The van der Waals surface area contributed by atoms with Crippen molar-refractivity contribution >= 4 is 15.7 Å². The molecule has 4 nitrogen and oxygen atoms in total. The fraction of sp³-hybridized carbons (Fsp3) is 0.571. The molecular formula is C14H23NO3S. The SMILES string of the molecule is CCCS(=O)(=O)Nc1ccc(OC)c(C(C)(C)C)c1. The fourth-order valence-corrected chi connectivity index (χ4v) is 2.98. The van der Waals surface area contributed by atoms with Crippen LogP contribution in [0.25, 0.3) is 0 Å². The second-order valence-corrected chi connectivity index (χ2v) is 7.43. The van der Waals surface area contributed by atoms with Gasteiger partial charge in [-0.15, -0.1) is 0 Å². The van der Waals surface area contributed by atoms with Crippen LogP contribution in [-0.4, -0.2) is 21.3 Å². The molecule has 0 heterocycles. The van der Waals surface area contributed by atoms with Gasteiger partial charge < -0.3 is 4.74 Å². The fourth-order valence-electron chi connectivity index (χ4n) is 1.86. The molecular weight excluding hydrogens is 262 g/mol. The van der Waals surface area contributed by atoms with E-state index in [0.717, 1.165) is 11.3 Å². The molecule has 1 aromatic carbocycles. The van der Waals surface area contributed by atoms with E-state index >= 15 is 0 Å². The molecule has 0 spiro atoms. The first-order valence-electron chi connectivity index (χ1n) is 6.38. The first kappa shape index (κ1) is 15.8. The van der Waals surface area contributed by atoms with Crippen molar-refractivity contribution in [1.29, 1.82) is 0 Å². The third-order valence-corrected chi connectivity index (χ3v) is 4.25. The maximum absolute atomic E-state index is 11.8. The number of hydrogen-bond donors (Lipinski definition) is 1. The Morgan fingerprint density at radius 1 is 1.26 bits per heavy atom. The summed E-state index contributed by atoms with van der Waals surface area (Å²) in [6.07, 6.45) is 0.595.